The Balaban J connectivity index is 0.000000921. The molecule has 0 aromatic carbocycles. The van der Waals surface area contributed by atoms with Gasteiger partial charge in [0.15, 0.2) is 0 Å². The van der Waals surface area contributed by atoms with Crippen molar-refractivity contribution in [1.82, 2.24) is 14.7 Å². The number of aromatic nitrogens is 2. The van der Waals surface area contributed by atoms with Crippen LogP contribution in [-0.4, -0.2) is 34.7 Å². The van der Waals surface area contributed by atoms with Gasteiger partial charge in [-0.15, -0.1) is 0 Å². The van der Waals surface area contributed by atoms with Gasteiger partial charge in [-0.1, -0.05) is 13.8 Å². The molecule has 4 heteroatoms. The van der Waals surface area contributed by atoms with Gasteiger partial charge in [-0.05, 0) is 19.4 Å². The van der Waals surface area contributed by atoms with Crippen LogP contribution in [0.5, 0.6) is 0 Å². The molecule has 0 fully saturated rings. The maximum absolute atomic E-state index is 11.3. The summed E-state index contributed by atoms with van der Waals surface area (Å²) in [6.07, 6.45) is 1.89. The monoisotopic (exact) mass is 211 g/mol. The van der Waals surface area contributed by atoms with Crippen LogP contribution in [0.3, 0.4) is 0 Å². The second-order valence-corrected chi connectivity index (χ2v) is 3.38. The molecule has 0 saturated heterocycles. The van der Waals surface area contributed by atoms with Crippen LogP contribution in [-0.2, 0) is 11.3 Å². The van der Waals surface area contributed by atoms with Crippen molar-refractivity contribution in [3.63, 3.8) is 0 Å². The minimum Gasteiger partial charge on any atom is -0.347 e. The quantitative estimate of drug-likeness (QED) is 0.745. The zero-order valence-electron chi connectivity index (χ0n) is 10.5. The first-order valence-corrected chi connectivity index (χ1v) is 5.21. The predicted molar refractivity (Wildman–Crippen MR) is 61.7 cm³/mol. The minimum absolute atomic E-state index is 0.0579. The molecule has 1 rings (SSSR count). The van der Waals surface area contributed by atoms with Gasteiger partial charge in [-0.25, -0.2) is 0 Å². The Hall–Kier alpha value is -1.32. The van der Waals surface area contributed by atoms with Crippen molar-refractivity contribution in [2.45, 2.75) is 34.2 Å². The number of hydrogen-bond donors (Lipinski definition) is 0. The molecule has 1 heterocycles. The summed E-state index contributed by atoms with van der Waals surface area (Å²) in [7, 11) is 3.48. The lowest BCUT2D eigenvalue weighted by atomic mass is 10.3. The van der Waals surface area contributed by atoms with E-state index in [0.717, 1.165) is 11.3 Å². The van der Waals surface area contributed by atoms with Crippen LogP contribution in [0, 0.1) is 13.8 Å². The molecule has 0 aliphatic heterocycles. The van der Waals surface area contributed by atoms with Crippen LogP contribution >= 0.6 is 0 Å². The molecule has 0 spiro atoms. The normalized spacial score (nSPS) is 9.20. The van der Waals surface area contributed by atoms with Crippen molar-refractivity contribution in [3.8, 4) is 0 Å². The topological polar surface area (TPSA) is 38.1 Å². The zero-order chi connectivity index (χ0) is 12.0. The molecule has 15 heavy (non-hydrogen) atoms. The fourth-order valence-corrected chi connectivity index (χ4v) is 0.978. The highest BCUT2D eigenvalue weighted by atomic mass is 16.2. The first-order chi connectivity index (χ1) is 7.00. The molecule has 0 unspecified atom stereocenters. The van der Waals surface area contributed by atoms with E-state index in [1.54, 1.807) is 23.7 Å². The summed E-state index contributed by atoms with van der Waals surface area (Å²) < 4.78 is 1.67. The van der Waals surface area contributed by atoms with Crippen LogP contribution in [0.15, 0.2) is 6.20 Å². The number of rotatable bonds is 2. The van der Waals surface area contributed by atoms with Crippen LogP contribution in [0.25, 0.3) is 0 Å². The Morgan fingerprint density at radius 3 is 2.27 bits per heavy atom. The molecule has 0 bridgehead atoms. The molecule has 0 N–H and O–H groups in total. The summed E-state index contributed by atoms with van der Waals surface area (Å²) in [6.45, 7) is 8.24. The minimum atomic E-state index is 0.0579. The van der Waals surface area contributed by atoms with E-state index >= 15 is 0 Å². The third kappa shape index (κ3) is 4.14. The molecule has 4 nitrogen and oxygen atoms in total. The summed E-state index contributed by atoms with van der Waals surface area (Å²) in [5.41, 5.74) is 2.10. The van der Waals surface area contributed by atoms with Crippen molar-refractivity contribution in [3.05, 3.63) is 17.5 Å². The van der Waals surface area contributed by atoms with Crippen molar-refractivity contribution in [1.29, 1.82) is 0 Å². The molecule has 0 atom stereocenters. The maximum atomic E-state index is 11.3. The standard InChI is InChI=1S/C9H15N3O.C2H6/c1-7-5-12(10-8(7)2)6-9(13)11(3)4;1-2/h5H,6H2,1-4H3;1-2H3. The van der Waals surface area contributed by atoms with Gasteiger partial charge in [0.2, 0.25) is 5.91 Å². The number of hydrogen-bond acceptors (Lipinski definition) is 2. The fourth-order valence-electron chi connectivity index (χ4n) is 0.978. The van der Waals surface area contributed by atoms with Gasteiger partial charge in [-0.2, -0.15) is 5.10 Å². The fraction of sp³-hybridized carbons (Fsp3) is 0.636. The summed E-state index contributed by atoms with van der Waals surface area (Å²) in [4.78, 5) is 12.9. The highest BCUT2D eigenvalue weighted by Crippen LogP contribution is 2.02. The van der Waals surface area contributed by atoms with Gasteiger partial charge < -0.3 is 4.90 Å². The smallest absolute Gasteiger partial charge is 0.243 e. The van der Waals surface area contributed by atoms with Gasteiger partial charge in [-0.3, -0.25) is 9.48 Å². The van der Waals surface area contributed by atoms with Gasteiger partial charge in [0, 0.05) is 20.3 Å². The molecular weight excluding hydrogens is 190 g/mol. The SMILES string of the molecule is CC.Cc1cn(CC(=O)N(C)C)nc1C. The summed E-state index contributed by atoms with van der Waals surface area (Å²) in [5.74, 6) is 0.0579. The number of aryl methyl sites for hydroxylation is 2. The summed E-state index contributed by atoms with van der Waals surface area (Å²) in [5, 5.41) is 4.20. The van der Waals surface area contributed by atoms with Crippen molar-refractivity contribution in [2.75, 3.05) is 14.1 Å². The molecule has 0 radical (unpaired) electrons. The highest BCUT2D eigenvalue weighted by Gasteiger charge is 2.06. The van der Waals surface area contributed by atoms with E-state index in [1.165, 1.54) is 0 Å². The number of nitrogens with zero attached hydrogens (tertiary/aromatic N) is 3. The lowest BCUT2D eigenvalue weighted by molar-refractivity contribution is -0.129. The van der Waals surface area contributed by atoms with E-state index in [-0.39, 0.29) is 5.91 Å². The molecule has 1 amide bonds. The number of likely N-dealkylation sites (N-methyl/N-ethyl adjacent to an activating group) is 1. The van der Waals surface area contributed by atoms with Crippen molar-refractivity contribution in [2.24, 2.45) is 0 Å². The first-order valence-electron chi connectivity index (χ1n) is 5.21. The first kappa shape index (κ1) is 13.7. The largest absolute Gasteiger partial charge is 0.347 e. The van der Waals surface area contributed by atoms with Gasteiger partial charge in [0.25, 0.3) is 0 Å². The average Bonchev–Trinajstić information content (AvgIpc) is 2.49. The molecular formula is C11H21N3O. The predicted octanol–water partition coefficient (Wildman–Crippen LogP) is 1.61. The Morgan fingerprint density at radius 1 is 1.40 bits per heavy atom. The average molecular weight is 211 g/mol. The van der Waals surface area contributed by atoms with Gasteiger partial charge >= 0.3 is 0 Å². The van der Waals surface area contributed by atoms with Gasteiger partial charge in [0.05, 0.1) is 5.69 Å². The summed E-state index contributed by atoms with van der Waals surface area (Å²) in [6, 6.07) is 0. The van der Waals surface area contributed by atoms with E-state index in [0.29, 0.717) is 6.54 Å². The number of carbonyl (C=O) groups excluding carboxylic acids is 1. The van der Waals surface area contributed by atoms with E-state index in [2.05, 4.69) is 5.10 Å². The Labute approximate surface area is 91.9 Å². The summed E-state index contributed by atoms with van der Waals surface area (Å²) >= 11 is 0. The van der Waals surface area contributed by atoms with E-state index in [9.17, 15) is 4.79 Å². The van der Waals surface area contributed by atoms with Crippen LogP contribution in [0.4, 0.5) is 0 Å². The molecule has 1 aromatic rings. The molecule has 1 aromatic heterocycles. The zero-order valence-corrected chi connectivity index (χ0v) is 10.5. The second kappa shape index (κ2) is 6.22. The Kier molecular flexibility index (Phi) is 5.67. The van der Waals surface area contributed by atoms with Crippen LogP contribution in [0.1, 0.15) is 25.1 Å². The third-order valence-corrected chi connectivity index (χ3v) is 1.99. The highest BCUT2D eigenvalue weighted by molar-refractivity contribution is 5.75. The van der Waals surface area contributed by atoms with E-state index in [4.69, 9.17) is 0 Å². The van der Waals surface area contributed by atoms with E-state index in [1.807, 2.05) is 33.9 Å². The molecule has 0 saturated carbocycles. The van der Waals surface area contributed by atoms with Gasteiger partial charge in [0.1, 0.15) is 6.54 Å². The molecule has 0 aliphatic carbocycles. The van der Waals surface area contributed by atoms with E-state index < -0.39 is 0 Å². The second-order valence-electron chi connectivity index (χ2n) is 3.38. The molecule has 86 valence electrons. The Morgan fingerprint density at radius 2 is 1.93 bits per heavy atom. The van der Waals surface area contributed by atoms with Crippen molar-refractivity contribution >= 4 is 5.91 Å². The lowest BCUT2D eigenvalue weighted by Crippen LogP contribution is -2.26. The Bertz CT molecular complexity index is 296. The number of amides is 1. The number of carbonyl (C=O) groups is 1. The van der Waals surface area contributed by atoms with Crippen molar-refractivity contribution < 1.29 is 4.79 Å². The third-order valence-electron chi connectivity index (χ3n) is 1.99. The lowest BCUT2D eigenvalue weighted by Gasteiger charge is -2.09. The van der Waals surface area contributed by atoms with Crippen LogP contribution < -0.4 is 0 Å². The maximum Gasteiger partial charge on any atom is 0.243 e. The van der Waals surface area contributed by atoms with Crippen LogP contribution in [0.2, 0.25) is 0 Å². The molecule has 0 aliphatic rings.